The molecule has 1 rings (SSSR count). The Labute approximate surface area is 95.7 Å². The zero-order chi connectivity index (χ0) is 12.0. The van der Waals surface area contributed by atoms with E-state index in [0.717, 1.165) is 19.3 Å². The van der Waals surface area contributed by atoms with Crippen LogP contribution in [0.1, 0.15) is 43.0 Å². The number of hydrogen-bond donors (Lipinski definition) is 2. The molecule has 1 atom stereocenters. The van der Waals surface area contributed by atoms with Crippen molar-refractivity contribution in [1.82, 2.24) is 0 Å². The predicted octanol–water partition coefficient (Wildman–Crippen LogP) is 2.52. The molecule has 0 heterocycles. The van der Waals surface area contributed by atoms with E-state index in [1.165, 1.54) is 24.3 Å². The maximum atomic E-state index is 11.7. The molecule has 16 heavy (non-hydrogen) atoms. The highest BCUT2D eigenvalue weighted by molar-refractivity contribution is 5.99. The highest BCUT2D eigenvalue weighted by Gasteiger charge is 2.16. The molecule has 1 unspecified atom stereocenters. The van der Waals surface area contributed by atoms with Gasteiger partial charge in [0.15, 0.2) is 5.78 Å². The minimum Gasteiger partial charge on any atom is -0.508 e. The summed E-state index contributed by atoms with van der Waals surface area (Å²) < 4.78 is 0. The topological polar surface area (TPSA) is 57.5 Å². The number of carbonyl (C=O) groups excluding carboxylic acids is 1. The van der Waals surface area contributed by atoms with Crippen LogP contribution in [0, 0.1) is 0 Å². The fraction of sp³-hybridized carbons (Fsp3) is 0.462. The molecule has 0 aliphatic rings. The summed E-state index contributed by atoms with van der Waals surface area (Å²) in [7, 11) is 0. The lowest BCUT2D eigenvalue weighted by Gasteiger charge is -2.09. The zero-order valence-electron chi connectivity index (χ0n) is 9.52. The van der Waals surface area contributed by atoms with E-state index in [9.17, 15) is 9.90 Å². The van der Waals surface area contributed by atoms with Crippen LogP contribution < -0.4 is 0 Å². The maximum absolute atomic E-state index is 11.7. The number of aromatic hydroxyl groups is 1. The molecule has 1 aromatic rings. The van der Waals surface area contributed by atoms with Crippen LogP contribution in [0.4, 0.5) is 0 Å². The molecule has 0 bridgehead atoms. The number of phenols is 1. The van der Waals surface area contributed by atoms with Crippen LogP contribution in [0.2, 0.25) is 0 Å². The molecule has 0 aliphatic carbocycles. The smallest absolute Gasteiger partial charge is 0.191 e. The van der Waals surface area contributed by atoms with Crippen molar-refractivity contribution in [2.75, 3.05) is 0 Å². The minimum absolute atomic E-state index is 0.122. The summed E-state index contributed by atoms with van der Waals surface area (Å²) in [5, 5.41) is 18.7. The summed E-state index contributed by atoms with van der Waals surface area (Å²) in [6.45, 7) is 2.08. The third-order valence-electron chi connectivity index (χ3n) is 2.54. The van der Waals surface area contributed by atoms with Crippen LogP contribution in [-0.4, -0.2) is 22.1 Å². The molecule has 0 fully saturated rings. The second kappa shape index (κ2) is 6.28. The standard InChI is InChI=1S/C13H18O3/c1-2-3-4-5-12(15)13(16)10-6-8-11(14)9-7-10/h6-9,12,14-15H,2-5H2,1H3. The minimum atomic E-state index is -0.920. The number of aliphatic hydroxyl groups is 1. The molecular formula is C13H18O3. The van der Waals surface area contributed by atoms with Crippen molar-refractivity contribution < 1.29 is 15.0 Å². The quantitative estimate of drug-likeness (QED) is 0.574. The van der Waals surface area contributed by atoms with Crippen molar-refractivity contribution in [1.29, 1.82) is 0 Å². The third-order valence-corrected chi connectivity index (χ3v) is 2.54. The van der Waals surface area contributed by atoms with Gasteiger partial charge in [-0.25, -0.2) is 0 Å². The van der Waals surface area contributed by atoms with Crippen molar-refractivity contribution in [3.63, 3.8) is 0 Å². The number of hydrogen-bond acceptors (Lipinski definition) is 3. The van der Waals surface area contributed by atoms with Crippen molar-refractivity contribution >= 4 is 5.78 Å². The van der Waals surface area contributed by atoms with Crippen LogP contribution in [0.25, 0.3) is 0 Å². The third kappa shape index (κ3) is 3.66. The Bertz CT molecular complexity index is 330. The number of benzene rings is 1. The number of rotatable bonds is 6. The van der Waals surface area contributed by atoms with E-state index >= 15 is 0 Å². The van der Waals surface area contributed by atoms with Gasteiger partial charge in [-0.3, -0.25) is 4.79 Å². The van der Waals surface area contributed by atoms with Crippen molar-refractivity contribution in [3.8, 4) is 5.75 Å². The fourth-order valence-electron chi connectivity index (χ4n) is 1.54. The molecular weight excluding hydrogens is 204 g/mol. The van der Waals surface area contributed by atoms with Gasteiger partial charge in [0.2, 0.25) is 0 Å². The Morgan fingerprint density at radius 3 is 2.44 bits per heavy atom. The SMILES string of the molecule is CCCCCC(O)C(=O)c1ccc(O)cc1. The monoisotopic (exact) mass is 222 g/mol. The first kappa shape index (κ1) is 12.7. The number of phenolic OH excluding ortho intramolecular Hbond substituents is 1. The number of Topliss-reactive ketones (excluding diaryl/α,β-unsaturated/α-hetero) is 1. The van der Waals surface area contributed by atoms with Crippen molar-refractivity contribution in [3.05, 3.63) is 29.8 Å². The molecule has 0 amide bonds. The van der Waals surface area contributed by atoms with E-state index in [-0.39, 0.29) is 11.5 Å². The van der Waals surface area contributed by atoms with E-state index in [2.05, 4.69) is 6.92 Å². The molecule has 3 heteroatoms. The lowest BCUT2D eigenvalue weighted by atomic mass is 10.0. The molecule has 0 spiro atoms. The molecule has 2 N–H and O–H groups in total. The second-order valence-electron chi connectivity index (χ2n) is 3.92. The van der Waals surface area contributed by atoms with Gasteiger partial charge in [0.25, 0.3) is 0 Å². The average molecular weight is 222 g/mol. The Morgan fingerprint density at radius 1 is 1.25 bits per heavy atom. The summed E-state index contributed by atoms with van der Waals surface area (Å²) in [6, 6.07) is 5.96. The Kier molecular flexibility index (Phi) is 4.99. The summed E-state index contributed by atoms with van der Waals surface area (Å²) >= 11 is 0. The number of carbonyl (C=O) groups is 1. The zero-order valence-corrected chi connectivity index (χ0v) is 9.52. The fourth-order valence-corrected chi connectivity index (χ4v) is 1.54. The van der Waals surface area contributed by atoms with Crippen LogP contribution in [0.5, 0.6) is 5.75 Å². The molecule has 3 nitrogen and oxygen atoms in total. The molecule has 88 valence electrons. The van der Waals surface area contributed by atoms with Gasteiger partial charge in [0, 0.05) is 5.56 Å². The first-order valence-corrected chi connectivity index (χ1v) is 5.66. The van der Waals surface area contributed by atoms with Crippen molar-refractivity contribution in [2.24, 2.45) is 0 Å². The van der Waals surface area contributed by atoms with Gasteiger partial charge < -0.3 is 10.2 Å². The largest absolute Gasteiger partial charge is 0.508 e. The maximum Gasteiger partial charge on any atom is 0.191 e. The van der Waals surface area contributed by atoms with Gasteiger partial charge in [0.05, 0.1) is 0 Å². The molecule has 0 saturated carbocycles. The summed E-state index contributed by atoms with van der Waals surface area (Å²) in [5.74, 6) is -0.145. The van der Waals surface area contributed by atoms with Crippen LogP contribution in [0.15, 0.2) is 24.3 Å². The molecule has 0 saturated heterocycles. The molecule has 0 radical (unpaired) electrons. The second-order valence-corrected chi connectivity index (χ2v) is 3.92. The van der Waals surface area contributed by atoms with E-state index in [1.54, 1.807) is 0 Å². The van der Waals surface area contributed by atoms with E-state index in [1.807, 2.05) is 0 Å². The van der Waals surface area contributed by atoms with Crippen LogP contribution in [-0.2, 0) is 0 Å². The Hall–Kier alpha value is -1.35. The van der Waals surface area contributed by atoms with E-state index in [4.69, 9.17) is 5.11 Å². The summed E-state index contributed by atoms with van der Waals surface area (Å²) in [4.78, 5) is 11.7. The van der Waals surface area contributed by atoms with Gasteiger partial charge in [-0.15, -0.1) is 0 Å². The normalized spacial score (nSPS) is 12.4. The van der Waals surface area contributed by atoms with E-state index in [0.29, 0.717) is 12.0 Å². The summed E-state index contributed by atoms with van der Waals surface area (Å²) in [6.07, 6.45) is 2.55. The lowest BCUT2D eigenvalue weighted by Crippen LogP contribution is -2.20. The Balaban J connectivity index is 2.53. The predicted molar refractivity (Wildman–Crippen MR) is 62.6 cm³/mol. The van der Waals surface area contributed by atoms with Crippen LogP contribution >= 0.6 is 0 Å². The van der Waals surface area contributed by atoms with E-state index < -0.39 is 6.10 Å². The van der Waals surface area contributed by atoms with Gasteiger partial charge in [-0.1, -0.05) is 26.2 Å². The van der Waals surface area contributed by atoms with Crippen LogP contribution in [0.3, 0.4) is 0 Å². The lowest BCUT2D eigenvalue weighted by molar-refractivity contribution is 0.0725. The number of unbranched alkanes of at least 4 members (excludes halogenated alkanes) is 2. The summed E-state index contributed by atoms with van der Waals surface area (Å²) in [5.41, 5.74) is 0.446. The van der Waals surface area contributed by atoms with Crippen molar-refractivity contribution in [2.45, 2.75) is 38.7 Å². The van der Waals surface area contributed by atoms with Gasteiger partial charge in [0.1, 0.15) is 11.9 Å². The first-order chi connectivity index (χ1) is 7.65. The number of ketones is 1. The first-order valence-electron chi connectivity index (χ1n) is 5.66. The van der Waals surface area contributed by atoms with Gasteiger partial charge >= 0.3 is 0 Å². The average Bonchev–Trinajstić information content (AvgIpc) is 2.29. The van der Waals surface area contributed by atoms with Gasteiger partial charge in [-0.05, 0) is 30.7 Å². The molecule has 1 aromatic carbocycles. The molecule has 0 aliphatic heterocycles. The Morgan fingerprint density at radius 2 is 1.88 bits per heavy atom. The number of aliphatic hydroxyl groups excluding tert-OH is 1. The molecule has 0 aromatic heterocycles. The highest BCUT2D eigenvalue weighted by Crippen LogP contribution is 2.13. The highest BCUT2D eigenvalue weighted by atomic mass is 16.3. The van der Waals surface area contributed by atoms with Gasteiger partial charge in [-0.2, -0.15) is 0 Å².